The maximum atomic E-state index is 9.97. The predicted octanol–water partition coefficient (Wildman–Crippen LogP) is 6.50. The van der Waals surface area contributed by atoms with Crippen molar-refractivity contribution in [3.05, 3.63) is 71.5 Å². The summed E-state index contributed by atoms with van der Waals surface area (Å²) < 4.78 is 10.6. The fourth-order valence-electron chi connectivity index (χ4n) is 3.40. The van der Waals surface area contributed by atoms with E-state index in [0.29, 0.717) is 5.75 Å². The van der Waals surface area contributed by atoms with Crippen molar-refractivity contribution in [3.8, 4) is 38.1 Å². The number of hydrogen-bond donors (Lipinski definition) is 1. The average molecular weight is 465 g/mol. The summed E-state index contributed by atoms with van der Waals surface area (Å²) in [5.41, 5.74) is 5.27. The summed E-state index contributed by atoms with van der Waals surface area (Å²) in [6.45, 7) is 3.98. The van der Waals surface area contributed by atoms with E-state index in [1.54, 1.807) is 43.4 Å². The van der Waals surface area contributed by atoms with Gasteiger partial charge in [-0.2, -0.15) is 0 Å². The highest BCUT2D eigenvalue weighted by Crippen LogP contribution is 2.42. The predicted molar refractivity (Wildman–Crippen MR) is 131 cm³/mol. The largest absolute Gasteiger partial charge is 0.504 e. The molecule has 0 bridgehead atoms. The number of hydrogen-bond acceptors (Lipinski definition) is 7. The van der Waals surface area contributed by atoms with Crippen LogP contribution < -0.4 is 9.47 Å². The van der Waals surface area contributed by atoms with Crippen LogP contribution in [0.2, 0.25) is 0 Å². The molecule has 2 heterocycles. The number of benzene rings is 2. The van der Waals surface area contributed by atoms with Gasteiger partial charge in [-0.1, -0.05) is 11.8 Å². The molecule has 0 spiro atoms. The molecular formula is C25H24N2O3S2. The molecule has 0 amide bonds. The number of nitrogens with zero attached hydrogens (tertiary/aromatic N) is 2. The van der Waals surface area contributed by atoms with Crippen molar-refractivity contribution in [2.24, 2.45) is 0 Å². The number of thiophene rings is 1. The van der Waals surface area contributed by atoms with Crippen molar-refractivity contribution in [1.82, 2.24) is 9.97 Å². The molecule has 0 fully saturated rings. The van der Waals surface area contributed by atoms with Crippen LogP contribution in [0.1, 0.15) is 17.0 Å². The second-order valence-corrected chi connectivity index (χ2v) is 9.30. The minimum absolute atomic E-state index is 0.130. The summed E-state index contributed by atoms with van der Waals surface area (Å²) in [5, 5.41) is 10.8. The molecule has 1 N–H and O–H groups in total. The van der Waals surface area contributed by atoms with E-state index in [1.807, 2.05) is 44.2 Å². The van der Waals surface area contributed by atoms with Gasteiger partial charge >= 0.3 is 0 Å². The number of rotatable bonds is 7. The Labute approximate surface area is 196 Å². The van der Waals surface area contributed by atoms with Crippen molar-refractivity contribution in [2.75, 3.05) is 14.2 Å². The van der Waals surface area contributed by atoms with E-state index in [2.05, 4.69) is 28.2 Å². The van der Waals surface area contributed by atoms with E-state index in [9.17, 15) is 5.11 Å². The highest BCUT2D eigenvalue weighted by atomic mass is 32.2. The van der Waals surface area contributed by atoms with Crippen LogP contribution in [0.4, 0.5) is 0 Å². The van der Waals surface area contributed by atoms with Crippen LogP contribution >= 0.6 is 23.1 Å². The first-order valence-corrected chi connectivity index (χ1v) is 11.9. The van der Waals surface area contributed by atoms with Gasteiger partial charge < -0.3 is 14.6 Å². The van der Waals surface area contributed by atoms with Crippen molar-refractivity contribution in [2.45, 2.75) is 24.8 Å². The molecule has 4 aromatic rings. The molecule has 0 aliphatic carbocycles. The van der Waals surface area contributed by atoms with Gasteiger partial charge in [0, 0.05) is 26.9 Å². The first-order chi connectivity index (χ1) is 15.5. The maximum Gasteiger partial charge on any atom is 0.188 e. The fraction of sp³-hybridized carbons (Fsp3) is 0.200. The molecule has 7 heteroatoms. The molecule has 2 aromatic heterocycles. The molecule has 5 nitrogen and oxygen atoms in total. The minimum Gasteiger partial charge on any atom is -0.504 e. The average Bonchev–Trinajstić information content (AvgIpc) is 3.21. The SMILES string of the molecule is COc1ccc(-c2sc(-c3ccc(O)c(OC)c3)cc2CSc2nc(C)cc(C)n2)cc1. The number of thioether (sulfide) groups is 1. The number of ether oxygens (including phenoxy) is 2. The third kappa shape index (κ3) is 4.89. The van der Waals surface area contributed by atoms with Gasteiger partial charge in [-0.3, -0.25) is 0 Å². The van der Waals surface area contributed by atoms with Gasteiger partial charge in [0.2, 0.25) is 0 Å². The van der Waals surface area contributed by atoms with Crippen LogP contribution in [0.5, 0.6) is 17.2 Å². The smallest absolute Gasteiger partial charge is 0.188 e. The van der Waals surface area contributed by atoms with Gasteiger partial charge in [0.1, 0.15) is 5.75 Å². The molecule has 0 saturated heterocycles. The minimum atomic E-state index is 0.130. The first kappa shape index (κ1) is 22.2. The lowest BCUT2D eigenvalue weighted by Crippen LogP contribution is -1.93. The summed E-state index contributed by atoms with van der Waals surface area (Å²) >= 11 is 3.35. The van der Waals surface area contributed by atoms with Gasteiger partial charge in [-0.25, -0.2) is 9.97 Å². The van der Waals surface area contributed by atoms with Crippen LogP contribution in [0.3, 0.4) is 0 Å². The molecule has 164 valence electrons. The Morgan fingerprint density at radius 1 is 0.875 bits per heavy atom. The van der Waals surface area contributed by atoms with Crippen LogP contribution in [0.25, 0.3) is 20.9 Å². The quantitative estimate of drug-likeness (QED) is 0.249. The Hall–Kier alpha value is -3.03. The Morgan fingerprint density at radius 3 is 2.22 bits per heavy atom. The summed E-state index contributed by atoms with van der Waals surface area (Å²) in [4.78, 5) is 11.4. The molecule has 0 radical (unpaired) electrons. The van der Waals surface area contributed by atoms with Crippen LogP contribution in [-0.4, -0.2) is 29.3 Å². The standard InChI is InChI=1S/C25H24N2O3S2/c1-15-11-16(2)27-25(26-15)31-14-19-13-23(18-7-10-21(28)22(12-18)30-4)32-24(19)17-5-8-20(29-3)9-6-17/h5-13,28H,14H2,1-4H3. The Kier molecular flexibility index (Phi) is 6.67. The molecule has 32 heavy (non-hydrogen) atoms. The number of methoxy groups -OCH3 is 2. The number of phenols is 1. The second-order valence-electron chi connectivity index (χ2n) is 7.30. The topological polar surface area (TPSA) is 64.5 Å². The highest BCUT2D eigenvalue weighted by molar-refractivity contribution is 7.98. The molecule has 0 aliphatic rings. The van der Waals surface area contributed by atoms with E-state index in [-0.39, 0.29) is 5.75 Å². The third-order valence-corrected chi connectivity index (χ3v) is 7.12. The van der Waals surface area contributed by atoms with Gasteiger partial charge in [-0.15, -0.1) is 11.3 Å². The number of aromatic hydroxyl groups is 1. The number of aryl methyl sites for hydroxylation is 2. The van der Waals surface area contributed by atoms with E-state index in [0.717, 1.165) is 44.1 Å². The zero-order chi connectivity index (χ0) is 22.7. The normalized spacial score (nSPS) is 10.9. The molecule has 0 aliphatic heterocycles. The van der Waals surface area contributed by atoms with Crippen molar-refractivity contribution in [1.29, 1.82) is 0 Å². The zero-order valence-corrected chi connectivity index (χ0v) is 20.0. The van der Waals surface area contributed by atoms with Crippen LogP contribution in [-0.2, 0) is 5.75 Å². The van der Waals surface area contributed by atoms with Gasteiger partial charge in [-0.05, 0) is 85.1 Å². The first-order valence-electron chi connectivity index (χ1n) is 10.1. The third-order valence-electron chi connectivity index (χ3n) is 4.94. The van der Waals surface area contributed by atoms with E-state index in [1.165, 1.54) is 10.4 Å². The van der Waals surface area contributed by atoms with Crippen LogP contribution in [0, 0.1) is 13.8 Å². The highest BCUT2D eigenvalue weighted by Gasteiger charge is 2.15. The lowest BCUT2D eigenvalue weighted by atomic mass is 10.1. The van der Waals surface area contributed by atoms with Crippen molar-refractivity contribution in [3.63, 3.8) is 0 Å². The lowest BCUT2D eigenvalue weighted by Gasteiger charge is -2.06. The molecular weight excluding hydrogens is 440 g/mol. The maximum absolute atomic E-state index is 9.97. The molecule has 0 unspecified atom stereocenters. The summed E-state index contributed by atoms with van der Waals surface area (Å²) in [5.74, 6) is 2.16. The number of aromatic nitrogens is 2. The summed E-state index contributed by atoms with van der Waals surface area (Å²) in [7, 11) is 3.23. The van der Waals surface area contributed by atoms with Gasteiger partial charge in [0.25, 0.3) is 0 Å². The molecule has 0 saturated carbocycles. The fourth-order valence-corrected chi connectivity index (χ4v) is 5.60. The van der Waals surface area contributed by atoms with E-state index >= 15 is 0 Å². The van der Waals surface area contributed by atoms with Crippen molar-refractivity contribution >= 4 is 23.1 Å². The Bertz CT molecular complexity index is 1220. The summed E-state index contributed by atoms with van der Waals surface area (Å²) in [6, 6.07) is 17.7. The Morgan fingerprint density at radius 2 is 1.56 bits per heavy atom. The molecule has 0 atom stereocenters. The summed E-state index contributed by atoms with van der Waals surface area (Å²) in [6.07, 6.45) is 0. The Balaban J connectivity index is 1.72. The van der Waals surface area contributed by atoms with E-state index in [4.69, 9.17) is 9.47 Å². The van der Waals surface area contributed by atoms with Gasteiger partial charge in [0.05, 0.1) is 14.2 Å². The monoisotopic (exact) mass is 464 g/mol. The molecule has 2 aromatic carbocycles. The van der Waals surface area contributed by atoms with Crippen LogP contribution in [0.15, 0.2) is 59.8 Å². The molecule has 4 rings (SSSR count). The van der Waals surface area contributed by atoms with Gasteiger partial charge in [0.15, 0.2) is 16.7 Å². The second kappa shape index (κ2) is 9.63. The lowest BCUT2D eigenvalue weighted by molar-refractivity contribution is 0.373. The number of phenolic OH excluding ortho intramolecular Hbond substituents is 1. The van der Waals surface area contributed by atoms with E-state index < -0.39 is 0 Å². The zero-order valence-electron chi connectivity index (χ0n) is 18.4. The van der Waals surface area contributed by atoms with Crippen molar-refractivity contribution < 1.29 is 14.6 Å².